The zero-order chi connectivity index (χ0) is 16.0. The Morgan fingerprint density at radius 2 is 1.90 bits per heavy atom. The Labute approximate surface area is 120 Å². The van der Waals surface area contributed by atoms with Gasteiger partial charge in [0, 0.05) is 0 Å². The van der Waals surface area contributed by atoms with E-state index >= 15 is 0 Å². The van der Waals surface area contributed by atoms with E-state index in [9.17, 15) is 18.0 Å². The molecule has 1 aromatic rings. The van der Waals surface area contributed by atoms with Crippen LogP contribution in [-0.4, -0.2) is 36.6 Å². The van der Waals surface area contributed by atoms with Gasteiger partial charge in [0.2, 0.25) is 10.0 Å². The molecule has 8 nitrogen and oxygen atoms in total. The molecular weight excluding hydrogens is 300 g/mol. The van der Waals surface area contributed by atoms with E-state index in [1.54, 1.807) is 10.8 Å². The summed E-state index contributed by atoms with van der Waals surface area (Å²) in [5, 5.41) is 26.2. The standard InChI is InChI=1S/C12H12N2O6S/c13-6-8-3-1-2-4-9(8)7-21(19,20)14-10(12(17)18)5-11(15)16/h1-4,10,14H,5,7H2,(H,15,16)(H,17,18)/t10-/m0/s1. The predicted molar refractivity (Wildman–Crippen MR) is 70.6 cm³/mol. The summed E-state index contributed by atoms with van der Waals surface area (Å²) in [6.07, 6.45) is -0.880. The second-order valence-electron chi connectivity index (χ2n) is 4.13. The van der Waals surface area contributed by atoms with Crippen LogP contribution in [0.1, 0.15) is 17.5 Å². The van der Waals surface area contributed by atoms with Crippen LogP contribution in [0.5, 0.6) is 0 Å². The van der Waals surface area contributed by atoms with Crippen LogP contribution in [0.4, 0.5) is 0 Å². The summed E-state index contributed by atoms with van der Waals surface area (Å²) in [6, 6.07) is 6.01. The van der Waals surface area contributed by atoms with Crippen LogP contribution >= 0.6 is 0 Å². The lowest BCUT2D eigenvalue weighted by atomic mass is 10.1. The molecule has 0 aliphatic heterocycles. The van der Waals surface area contributed by atoms with Crippen LogP contribution in [0.25, 0.3) is 0 Å². The van der Waals surface area contributed by atoms with Crippen molar-refractivity contribution in [1.82, 2.24) is 4.72 Å². The van der Waals surface area contributed by atoms with Crippen molar-refractivity contribution in [1.29, 1.82) is 5.26 Å². The summed E-state index contributed by atoms with van der Waals surface area (Å²) in [5.41, 5.74) is 0.347. The summed E-state index contributed by atoms with van der Waals surface area (Å²) >= 11 is 0. The molecule has 0 aliphatic carbocycles. The van der Waals surface area contributed by atoms with Gasteiger partial charge < -0.3 is 10.2 Å². The van der Waals surface area contributed by atoms with E-state index in [-0.39, 0.29) is 11.1 Å². The fourth-order valence-electron chi connectivity index (χ4n) is 1.57. The Balaban J connectivity index is 2.93. The summed E-state index contributed by atoms with van der Waals surface area (Å²) in [4.78, 5) is 21.4. The summed E-state index contributed by atoms with van der Waals surface area (Å²) < 4.78 is 25.6. The number of rotatable bonds is 7. The number of nitrogens with one attached hydrogen (secondary N) is 1. The molecule has 1 aromatic carbocycles. The van der Waals surface area contributed by atoms with Crippen LogP contribution in [0, 0.1) is 11.3 Å². The summed E-state index contributed by atoms with van der Waals surface area (Å²) in [6.45, 7) is 0. The lowest BCUT2D eigenvalue weighted by molar-refractivity contribution is -0.145. The monoisotopic (exact) mass is 312 g/mol. The van der Waals surface area contributed by atoms with Gasteiger partial charge in [-0.15, -0.1) is 0 Å². The van der Waals surface area contributed by atoms with Crippen LogP contribution in [0.3, 0.4) is 0 Å². The van der Waals surface area contributed by atoms with Crippen LogP contribution in [0.15, 0.2) is 24.3 Å². The van der Waals surface area contributed by atoms with Crippen molar-refractivity contribution in [3.05, 3.63) is 35.4 Å². The van der Waals surface area contributed by atoms with E-state index in [2.05, 4.69) is 0 Å². The highest BCUT2D eigenvalue weighted by atomic mass is 32.2. The molecule has 0 spiro atoms. The van der Waals surface area contributed by atoms with Crippen LogP contribution in [-0.2, 0) is 25.4 Å². The molecule has 0 saturated heterocycles. The molecule has 0 aliphatic rings. The predicted octanol–water partition coefficient (Wildman–Crippen LogP) is -0.0944. The fraction of sp³-hybridized carbons (Fsp3) is 0.250. The zero-order valence-corrected chi connectivity index (χ0v) is 11.5. The van der Waals surface area contributed by atoms with Gasteiger partial charge in [-0.25, -0.2) is 13.1 Å². The third kappa shape index (κ3) is 5.21. The smallest absolute Gasteiger partial charge is 0.322 e. The first-order chi connectivity index (χ1) is 9.75. The number of aliphatic carboxylic acids is 2. The Kier molecular flexibility index (Phi) is 5.40. The van der Waals surface area contributed by atoms with Crippen molar-refractivity contribution < 1.29 is 28.2 Å². The maximum Gasteiger partial charge on any atom is 0.322 e. The largest absolute Gasteiger partial charge is 0.481 e. The van der Waals surface area contributed by atoms with Crippen molar-refractivity contribution in [2.75, 3.05) is 0 Å². The van der Waals surface area contributed by atoms with Crippen LogP contribution in [0.2, 0.25) is 0 Å². The summed E-state index contributed by atoms with van der Waals surface area (Å²) in [7, 11) is -4.10. The van der Waals surface area contributed by atoms with E-state index in [0.717, 1.165) is 0 Å². The van der Waals surface area contributed by atoms with Crippen molar-refractivity contribution >= 4 is 22.0 Å². The molecule has 1 rings (SSSR count). The van der Waals surface area contributed by atoms with Gasteiger partial charge in [-0.2, -0.15) is 5.26 Å². The Hall–Kier alpha value is -2.44. The van der Waals surface area contributed by atoms with Gasteiger partial charge in [-0.3, -0.25) is 9.59 Å². The molecule has 0 heterocycles. The maximum absolute atomic E-state index is 11.9. The Bertz CT molecular complexity index is 692. The molecule has 1 atom stereocenters. The molecule has 0 unspecified atom stereocenters. The Morgan fingerprint density at radius 3 is 2.43 bits per heavy atom. The number of hydrogen-bond acceptors (Lipinski definition) is 5. The minimum atomic E-state index is -4.10. The van der Waals surface area contributed by atoms with E-state index < -0.39 is 40.2 Å². The number of nitriles is 1. The average Bonchev–Trinajstić information content (AvgIpc) is 2.37. The van der Waals surface area contributed by atoms with Gasteiger partial charge in [0.05, 0.1) is 23.8 Å². The second-order valence-corrected chi connectivity index (χ2v) is 5.89. The third-order valence-electron chi connectivity index (χ3n) is 2.48. The number of benzene rings is 1. The number of carboxylic acids is 2. The van der Waals surface area contributed by atoms with Gasteiger partial charge in [-0.05, 0) is 11.6 Å². The van der Waals surface area contributed by atoms with Gasteiger partial charge in [0.1, 0.15) is 6.04 Å². The van der Waals surface area contributed by atoms with Gasteiger partial charge in [-0.1, -0.05) is 18.2 Å². The topological polar surface area (TPSA) is 145 Å². The molecule has 21 heavy (non-hydrogen) atoms. The van der Waals surface area contributed by atoms with Crippen molar-refractivity contribution in [2.24, 2.45) is 0 Å². The van der Waals surface area contributed by atoms with Gasteiger partial charge >= 0.3 is 11.9 Å². The lowest BCUT2D eigenvalue weighted by Gasteiger charge is -2.13. The number of nitrogens with zero attached hydrogens (tertiary/aromatic N) is 1. The Morgan fingerprint density at radius 1 is 1.29 bits per heavy atom. The highest BCUT2D eigenvalue weighted by Crippen LogP contribution is 2.11. The van der Waals surface area contributed by atoms with E-state index in [1.165, 1.54) is 18.2 Å². The fourth-order valence-corrected chi connectivity index (χ4v) is 2.93. The van der Waals surface area contributed by atoms with E-state index in [0.29, 0.717) is 0 Å². The zero-order valence-electron chi connectivity index (χ0n) is 10.7. The normalized spacial score (nSPS) is 12.3. The first-order valence-electron chi connectivity index (χ1n) is 5.68. The minimum Gasteiger partial charge on any atom is -0.481 e. The molecule has 0 bridgehead atoms. The minimum absolute atomic E-state index is 0.146. The van der Waals surface area contributed by atoms with Crippen molar-refractivity contribution in [3.8, 4) is 6.07 Å². The van der Waals surface area contributed by atoms with E-state index in [1.807, 2.05) is 6.07 Å². The number of carbonyl (C=O) groups is 2. The van der Waals surface area contributed by atoms with Gasteiger partial charge in [0.15, 0.2) is 0 Å². The number of carboxylic acid groups (broad SMARTS) is 2. The SMILES string of the molecule is N#Cc1ccccc1CS(=O)(=O)N[C@@H](CC(=O)O)C(=O)O. The number of hydrogen-bond donors (Lipinski definition) is 3. The quantitative estimate of drug-likeness (QED) is 0.637. The molecule has 112 valence electrons. The van der Waals surface area contributed by atoms with E-state index in [4.69, 9.17) is 15.5 Å². The molecule has 0 radical (unpaired) electrons. The highest BCUT2D eigenvalue weighted by molar-refractivity contribution is 7.88. The second kappa shape index (κ2) is 6.83. The average molecular weight is 312 g/mol. The number of sulfonamides is 1. The molecule has 3 N–H and O–H groups in total. The molecule has 0 fully saturated rings. The lowest BCUT2D eigenvalue weighted by Crippen LogP contribution is -2.42. The molecule has 0 aromatic heterocycles. The van der Waals surface area contributed by atoms with Gasteiger partial charge in [0.25, 0.3) is 0 Å². The third-order valence-corrected chi connectivity index (χ3v) is 3.82. The molecule has 0 saturated carbocycles. The maximum atomic E-state index is 11.9. The van der Waals surface area contributed by atoms with Crippen molar-refractivity contribution in [3.63, 3.8) is 0 Å². The first-order valence-corrected chi connectivity index (χ1v) is 7.33. The first kappa shape index (κ1) is 16.6. The molecular formula is C12H12N2O6S. The summed E-state index contributed by atoms with van der Waals surface area (Å²) in [5.74, 6) is -3.64. The van der Waals surface area contributed by atoms with Crippen molar-refractivity contribution in [2.45, 2.75) is 18.2 Å². The molecule has 0 amide bonds. The molecule has 9 heteroatoms. The highest BCUT2D eigenvalue weighted by Gasteiger charge is 2.27. The van der Waals surface area contributed by atoms with Crippen LogP contribution < -0.4 is 4.72 Å².